The van der Waals surface area contributed by atoms with E-state index in [4.69, 9.17) is 21.7 Å². The van der Waals surface area contributed by atoms with Crippen molar-refractivity contribution in [2.45, 2.75) is 39.0 Å². The number of benzene rings is 1. The molecule has 168 valence electrons. The van der Waals surface area contributed by atoms with E-state index in [1.165, 1.54) is 22.5 Å². The first kappa shape index (κ1) is 22.3. The number of nitrogens with zero attached hydrogens (tertiary/aromatic N) is 3. The summed E-state index contributed by atoms with van der Waals surface area (Å²) in [7, 11) is 3.42. The van der Waals surface area contributed by atoms with Gasteiger partial charge >= 0.3 is 0 Å². The van der Waals surface area contributed by atoms with Crippen LogP contribution in [0.25, 0.3) is 0 Å². The molecule has 1 fully saturated rings. The van der Waals surface area contributed by atoms with E-state index < -0.39 is 0 Å². The molecule has 4 rings (SSSR count). The second-order valence-electron chi connectivity index (χ2n) is 8.07. The highest BCUT2D eigenvalue weighted by atomic mass is 32.1. The number of methoxy groups -OCH3 is 2. The molecule has 32 heavy (non-hydrogen) atoms. The third-order valence-corrected chi connectivity index (χ3v) is 6.51. The molecule has 0 amide bonds. The largest absolute Gasteiger partial charge is 0.497 e. The molecule has 7 heteroatoms. The summed E-state index contributed by atoms with van der Waals surface area (Å²) in [6, 6.07) is 16.5. The number of thiocarbonyl (C=S) groups is 1. The number of rotatable bonds is 8. The summed E-state index contributed by atoms with van der Waals surface area (Å²) in [5, 5.41) is 4.29. The molecular formula is C25H30N4O2S. The van der Waals surface area contributed by atoms with E-state index in [0.717, 1.165) is 23.1 Å². The molecule has 3 heterocycles. The minimum Gasteiger partial charge on any atom is -0.497 e. The minimum absolute atomic E-state index is 0.0293. The average molecular weight is 451 g/mol. The lowest BCUT2D eigenvalue weighted by Crippen LogP contribution is -2.29. The fourth-order valence-electron chi connectivity index (χ4n) is 4.50. The van der Waals surface area contributed by atoms with Crippen LogP contribution in [0.5, 0.6) is 5.75 Å². The second-order valence-corrected chi connectivity index (χ2v) is 8.46. The van der Waals surface area contributed by atoms with Crippen LogP contribution in [0.2, 0.25) is 0 Å². The van der Waals surface area contributed by atoms with Crippen molar-refractivity contribution in [1.82, 2.24) is 19.8 Å². The molecule has 0 saturated carbocycles. The molecule has 1 aliphatic rings. The SMILES string of the molecule is COCCn1c(C)cc([C@@H]2[C@H](c3ccccn3)NC(=S)N2Cc2ccc(OC)cc2)c1C. The summed E-state index contributed by atoms with van der Waals surface area (Å²) in [6.45, 7) is 6.53. The molecule has 2 aromatic heterocycles. The highest BCUT2D eigenvalue weighted by Crippen LogP contribution is 2.41. The van der Waals surface area contributed by atoms with Gasteiger partial charge in [-0.2, -0.15) is 0 Å². The highest BCUT2D eigenvalue weighted by Gasteiger charge is 2.41. The molecular weight excluding hydrogens is 420 g/mol. The Bertz CT molecular complexity index is 1070. The van der Waals surface area contributed by atoms with Crippen molar-refractivity contribution in [2.24, 2.45) is 0 Å². The zero-order valence-corrected chi connectivity index (χ0v) is 19.9. The van der Waals surface area contributed by atoms with Gasteiger partial charge in [0.05, 0.1) is 31.5 Å². The Labute approximate surface area is 195 Å². The molecule has 0 bridgehead atoms. The van der Waals surface area contributed by atoms with Crippen LogP contribution in [0.4, 0.5) is 0 Å². The van der Waals surface area contributed by atoms with E-state index >= 15 is 0 Å². The number of aryl methyl sites for hydroxylation is 1. The molecule has 0 spiro atoms. The van der Waals surface area contributed by atoms with E-state index in [-0.39, 0.29) is 12.1 Å². The van der Waals surface area contributed by atoms with Gasteiger partial charge in [0, 0.05) is 37.8 Å². The van der Waals surface area contributed by atoms with Crippen LogP contribution in [0.3, 0.4) is 0 Å². The summed E-state index contributed by atoms with van der Waals surface area (Å²) < 4.78 is 13.0. The van der Waals surface area contributed by atoms with Crippen molar-refractivity contribution in [3.63, 3.8) is 0 Å². The lowest BCUT2D eigenvalue weighted by molar-refractivity contribution is 0.186. The third-order valence-electron chi connectivity index (χ3n) is 6.16. The van der Waals surface area contributed by atoms with Crippen molar-refractivity contribution in [3.8, 4) is 5.75 Å². The molecule has 0 radical (unpaired) electrons. The van der Waals surface area contributed by atoms with Gasteiger partial charge in [-0.25, -0.2) is 0 Å². The lowest BCUT2D eigenvalue weighted by atomic mass is 9.96. The maximum absolute atomic E-state index is 5.83. The van der Waals surface area contributed by atoms with Gasteiger partial charge in [0.25, 0.3) is 0 Å². The Morgan fingerprint density at radius 2 is 1.88 bits per heavy atom. The van der Waals surface area contributed by atoms with Gasteiger partial charge in [0.1, 0.15) is 5.75 Å². The van der Waals surface area contributed by atoms with Gasteiger partial charge < -0.3 is 24.3 Å². The number of ether oxygens (including phenoxy) is 2. The standard InChI is InChI=1S/C25H30N4O2S/c1-17-15-21(18(2)28(17)13-14-30-3)24-23(22-7-5-6-12-26-22)27-25(32)29(24)16-19-8-10-20(31-4)11-9-19/h5-12,15,23-24H,13-14,16H2,1-4H3,(H,27,32)/t23-,24+/m0/s1. The van der Waals surface area contributed by atoms with Crippen LogP contribution < -0.4 is 10.1 Å². The Morgan fingerprint density at radius 3 is 2.53 bits per heavy atom. The first-order valence-corrected chi connectivity index (χ1v) is 11.2. The van der Waals surface area contributed by atoms with E-state index in [1.54, 1.807) is 14.2 Å². The number of hydrogen-bond donors (Lipinski definition) is 1. The molecule has 1 aliphatic heterocycles. The lowest BCUT2D eigenvalue weighted by Gasteiger charge is -2.28. The summed E-state index contributed by atoms with van der Waals surface area (Å²) in [5.41, 5.74) is 5.87. The van der Waals surface area contributed by atoms with Gasteiger partial charge in [-0.3, -0.25) is 4.98 Å². The molecule has 2 atom stereocenters. The maximum atomic E-state index is 5.83. The van der Waals surface area contributed by atoms with E-state index in [0.29, 0.717) is 13.2 Å². The van der Waals surface area contributed by atoms with Crippen LogP contribution in [-0.4, -0.2) is 40.4 Å². The Balaban J connectivity index is 1.74. The molecule has 1 aromatic carbocycles. The molecule has 0 aliphatic carbocycles. The Hall–Kier alpha value is -2.90. The predicted octanol–water partition coefficient (Wildman–Crippen LogP) is 4.33. The summed E-state index contributed by atoms with van der Waals surface area (Å²) in [5.74, 6) is 0.848. The normalized spacial score (nSPS) is 18.1. The number of hydrogen-bond acceptors (Lipinski definition) is 4. The smallest absolute Gasteiger partial charge is 0.170 e. The minimum atomic E-state index is -0.0293. The fraction of sp³-hybridized carbons (Fsp3) is 0.360. The van der Waals surface area contributed by atoms with Crippen molar-refractivity contribution < 1.29 is 9.47 Å². The monoisotopic (exact) mass is 450 g/mol. The maximum Gasteiger partial charge on any atom is 0.170 e. The summed E-state index contributed by atoms with van der Waals surface area (Å²) in [4.78, 5) is 6.93. The van der Waals surface area contributed by atoms with Gasteiger partial charge in [0.2, 0.25) is 0 Å². The quantitative estimate of drug-likeness (QED) is 0.516. The highest BCUT2D eigenvalue weighted by molar-refractivity contribution is 7.80. The first-order valence-electron chi connectivity index (χ1n) is 10.8. The molecule has 1 N–H and O–H groups in total. The zero-order chi connectivity index (χ0) is 22.7. The summed E-state index contributed by atoms with van der Waals surface area (Å²) in [6.07, 6.45) is 1.84. The first-order chi connectivity index (χ1) is 15.5. The Morgan fingerprint density at radius 1 is 1.09 bits per heavy atom. The van der Waals surface area contributed by atoms with E-state index in [9.17, 15) is 0 Å². The van der Waals surface area contributed by atoms with Crippen LogP contribution in [0.15, 0.2) is 54.7 Å². The fourth-order valence-corrected chi connectivity index (χ4v) is 4.80. The molecule has 0 unspecified atom stereocenters. The van der Waals surface area contributed by atoms with Gasteiger partial charge in [-0.15, -0.1) is 0 Å². The van der Waals surface area contributed by atoms with Crippen LogP contribution in [-0.2, 0) is 17.8 Å². The van der Waals surface area contributed by atoms with Crippen molar-refractivity contribution >= 4 is 17.3 Å². The second kappa shape index (κ2) is 9.71. The average Bonchev–Trinajstić information content (AvgIpc) is 3.28. The van der Waals surface area contributed by atoms with Crippen LogP contribution in [0.1, 0.15) is 40.3 Å². The van der Waals surface area contributed by atoms with Gasteiger partial charge in [-0.1, -0.05) is 18.2 Å². The number of aromatic nitrogens is 2. The van der Waals surface area contributed by atoms with Gasteiger partial charge in [-0.05, 0) is 67.5 Å². The predicted molar refractivity (Wildman–Crippen MR) is 130 cm³/mol. The number of nitrogens with one attached hydrogen (secondary N) is 1. The zero-order valence-electron chi connectivity index (χ0n) is 19.0. The molecule has 3 aromatic rings. The van der Waals surface area contributed by atoms with Crippen LogP contribution in [0, 0.1) is 13.8 Å². The molecule has 6 nitrogen and oxygen atoms in total. The van der Waals surface area contributed by atoms with Crippen molar-refractivity contribution in [1.29, 1.82) is 0 Å². The van der Waals surface area contributed by atoms with E-state index in [2.05, 4.69) is 57.9 Å². The summed E-state index contributed by atoms with van der Waals surface area (Å²) >= 11 is 5.83. The topological polar surface area (TPSA) is 51.5 Å². The van der Waals surface area contributed by atoms with Crippen molar-refractivity contribution in [3.05, 3.63) is 82.9 Å². The van der Waals surface area contributed by atoms with Crippen LogP contribution >= 0.6 is 12.2 Å². The molecule has 1 saturated heterocycles. The third kappa shape index (κ3) is 4.36. The number of pyridine rings is 1. The van der Waals surface area contributed by atoms with E-state index in [1.807, 2.05) is 30.5 Å². The van der Waals surface area contributed by atoms with Gasteiger partial charge in [0.15, 0.2) is 5.11 Å². The Kier molecular flexibility index (Phi) is 6.77. The van der Waals surface area contributed by atoms with Crippen molar-refractivity contribution in [2.75, 3.05) is 20.8 Å².